The van der Waals surface area contributed by atoms with E-state index in [1.165, 1.54) is 11.8 Å². The largest absolute Gasteiger partial charge is 0.467 e. The van der Waals surface area contributed by atoms with E-state index in [-0.39, 0.29) is 0 Å². The van der Waals surface area contributed by atoms with Gasteiger partial charge in [-0.05, 0) is 36.4 Å². The molecule has 0 saturated carbocycles. The van der Waals surface area contributed by atoms with E-state index in [0.717, 1.165) is 27.9 Å². The van der Waals surface area contributed by atoms with Crippen molar-refractivity contribution in [1.29, 1.82) is 0 Å². The molecule has 9 heteroatoms. The highest BCUT2D eigenvalue weighted by Crippen LogP contribution is 2.28. The summed E-state index contributed by atoms with van der Waals surface area (Å²) in [5, 5.41) is 14.3. The summed E-state index contributed by atoms with van der Waals surface area (Å²) in [6, 6.07) is 21.0. The standard InChI is InChI=1S/C22H16ClN5O2S/c23-17-10-8-16(9-11-17)21-24-19(27-30-21)14-31-22-26-25-20(15-5-2-1-3-6-15)28(22)13-18-7-4-12-29-18/h1-12H,13-14H2. The van der Waals surface area contributed by atoms with Gasteiger partial charge in [0, 0.05) is 16.1 Å². The summed E-state index contributed by atoms with van der Waals surface area (Å²) < 4.78 is 13.0. The summed E-state index contributed by atoms with van der Waals surface area (Å²) in [4.78, 5) is 4.48. The van der Waals surface area contributed by atoms with Gasteiger partial charge in [-0.25, -0.2) is 0 Å². The maximum absolute atomic E-state index is 5.94. The van der Waals surface area contributed by atoms with E-state index in [9.17, 15) is 0 Å². The molecular weight excluding hydrogens is 434 g/mol. The zero-order valence-electron chi connectivity index (χ0n) is 16.2. The van der Waals surface area contributed by atoms with E-state index in [1.54, 1.807) is 18.4 Å². The first kappa shape index (κ1) is 19.6. The van der Waals surface area contributed by atoms with Gasteiger partial charge in [0.25, 0.3) is 5.89 Å². The minimum Gasteiger partial charge on any atom is -0.467 e. The van der Waals surface area contributed by atoms with Gasteiger partial charge in [0.05, 0.1) is 18.6 Å². The molecule has 5 rings (SSSR count). The average Bonchev–Trinajstić information content (AvgIpc) is 3.56. The minimum absolute atomic E-state index is 0.453. The Morgan fingerprint density at radius 1 is 0.903 bits per heavy atom. The Morgan fingerprint density at radius 3 is 2.52 bits per heavy atom. The maximum atomic E-state index is 5.94. The second kappa shape index (κ2) is 8.79. The van der Waals surface area contributed by atoms with Crippen molar-refractivity contribution in [2.75, 3.05) is 0 Å². The lowest BCUT2D eigenvalue weighted by atomic mass is 10.2. The molecule has 0 N–H and O–H groups in total. The van der Waals surface area contributed by atoms with Crippen molar-refractivity contribution in [1.82, 2.24) is 24.9 Å². The quantitative estimate of drug-likeness (QED) is 0.300. The van der Waals surface area contributed by atoms with Crippen LogP contribution >= 0.6 is 23.4 Å². The van der Waals surface area contributed by atoms with Crippen LogP contribution in [0.4, 0.5) is 0 Å². The summed E-state index contributed by atoms with van der Waals surface area (Å²) in [7, 11) is 0. The average molecular weight is 450 g/mol. The molecule has 0 aliphatic heterocycles. The van der Waals surface area contributed by atoms with Crippen LogP contribution in [0.2, 0.25) is 5.02 Å². The lowest BCUT2D eigenvalue weighted by Crippen LogP contribution is -2.03. The van der Waals surface area contributed by atoms with Gasteiger partial charge in [0.2, 0.25) is 0 Å². The highest BCUT2D eigenvalue weighted by molar-refractivity contribution is 7.98. The summed E-state index contributed by atoms with van der Waals surface area (Å²) in [5.41, 5.74) is 1.80. The molecule has 0 fully saturated rings. The number of benzene rings is 2. The van der Waals surface area contributed by atoms with Crippen LogP contribution in [0, 0.1) is 0 Å². The molecule has 2 aromatic carbocycles. The maximum Gasteiger partial charge on any atom is 0.257 e. The third kappa shape index (κ3) is 4.40. The fourth-order valence-corrected chi connectivity index (χ4v) is 3.96. The molecule has 0 atom stereocenters. The third-order valence-corrected chi connectivity index (χ3v) is 5.75. The Kier molecular flexibility index (Phi) is 5.56. The first-order valence-corrected chi connectivity index (χ1v) is 10.8. The number of nitrogens with zero attached hydrogens (tertiary/aromatic N) is 5. The Labute approximate surface area is 187 Å². The van der Waals surface area contributed by atoms with Gasteiger partial charge in [-0.1, -0.05) is 58.9 Å². The SMILES string of the molecule is Clc1ccc(-c2nc(CSc3nnc(-c4ccccc4)n3Cc3ccco3)no2)cc1. The van der Waals surface area contributed by atoms with Gasteiger partial charge < -0.3 is 8.94 Å². The minimum atomic E-state index is 0.453. The Morgan fingerprint density at radius 2 is 1.74 bits per heavy atom. The zero-order chi connectivity index (χ0) is 21.0. The van der Waals surface area contributed by atoms with Gasteiger partial charge in [-0.15, -0.1) is 10.2 Å². The smallest absolute Gasteiger partial charge is 0.257 e. The number of hydrogen-bond donors (Lipinski definition) is 0. The summed E-state index contributed by atoms with van der Waals surface area (Å²) in [5.74, 6) is 3.11. The molecular formula is C22H16ClN5O2S. The molecule has 3 heterocycles. The number of aromatic nitrogens is 5. The molecule has 0 aliphatic carbocycles. The molecule has 0 amide bonds. The van der Waals surface area contributed by atoms with Crippen LogP contribution in [0.25, 0.3) is 22.8 Å². The number of furan rings is 1. The van der Waals surface area contributed by atoms with E-state index in [0.29, 0.717) is 29.0 Å². The van der Waals surface area contributed by atoms with E-state index < -0.39 is 0 Å². The van der Waals surface area contributed by atoms with Crippen molar-refractivity contribution in [3.05, 3.63) is 89.6 Å². The first-order chi connectivity index (χ1) is 15.3. The van der Waals surface area contributed by atoms with Crippen LogP contribution < -0.4 is 0 Å². The van der Waals surface area contributed by atoms with Crippen molar-refractivity contribution in [2.24, 2.45) is 0 Å². The van der Waals surface area contributed by atoms with E-state index >= 15 is 0 Å². The number of halogens is 1. The number of hydrogen-bond acceptors (Lipinski definition) is 7. The molecule has 0 radical (unpaired) electrons. The molecule has 31 heavy (non-hydrogen) atoms. The van der Waals surface area contributed by atoms with Crippen LogP contribution in [0.15, 0.2) is 87.1 Å². The molecule has 7 nitrogen and oxygen atoms in total. The first-order valence-electron chi connectivity index (χ1n) is 9.48. The van der Waals surface area contributed by atoms with Crippen LogP contribution in [0.1, 0.15) is 11.6 Å². The predicted molar refractivity (Wildman–Crippen MR) is 118 cm³/mol. The molecule has 0 saturated heterocycles. The van der Waals surface area contributed by atoms with E-state index in [4.69, 9.17) is 20.5 Å². The second-order valence-corrected chi connectivity index (χ2v) is 8.03. The van der Waals surface area contributed by atoms with Crippen molar-refractivity contribution >= 4 is 23.4 Å². The molecule has 5 aromatic rings. The lowest BCUT2D eigenvalue weighted by Gasteiger charge is -2.08. The summed E-state index contributed by atoms with van der Waals surface area (Å²) >= 11 is 7.43. The Bertz CT molecular complexity index is 1270. The van der Waals surface area contributed by atoms with Gasteiger partial charge in [-0.3, -0.25) is 4.57 Å². The fraction of sp³-hybridized carbons (Fsp3) is 0.0909. The number of thioether (sulfide) groups is 1. The van der Waals surface area contributed by atoms with Crippen LogP contribution in [-0.2, 0) is 12.3 Å². The van der Waals surface area contributed by atoms with Crippen LogP contribution in [0.5, 0.6) is 0 Å². The molecule has 0 bridgehead atoms. The molecule has 0 unspecified atom stereocenters. The Balaban J connectivity index is 1.38. The van der Waals surface area contributed by atoms with E-state index in [1.807, 2.05) is 59.2 Å². The lowest BCUT2D eigenvalue weighted by molar-refractivity contribution is 0.425. The van der Waals surface area contributed by atoms with Crippen LogP contribution in [0.3, 0.4) is 0 Å². The molecule has 3 aromatic heterocycles. The van der Waals surface area contributed by atoms with E-state index in [2.05, 4.69) is 20.3 Å². The normalized spacial score (nSPS) is 11.1. The second-order valence-electron chi connectivity index (χ2n) is 6.65. The third-order valence-electron chi connectivity index (χ3n) is 4.53. The highest BCUT2D eigenvalue weighted by Gasteiger charge is 2.17. The number of rotatable bonds is 7. The van der Waals surface area contributed by atoms with Gasteiger partial charge in [-0.2, -0.15) is 4.98 Å². The highest BCUT2D eigenvalue weighted by atomic mass is 35.5. The fourth-order valence-electron chi connectivity index (χ4n) is 3.05. The molecule has 0 spiro atoms. The van der Waals surface area contributed by atoms with Crippen molar-refractivity contribution in [3.63, 3.8) is 0 Å². The van der Waals surface area contributed by atoms with Crippen molar-refractivity contribution in [3.8, 4) is 22.8 Å². The molecule has 0 aliphatic rings. The van der Waals surface area contributed by atoms with Gasteiger partial charge in [0.15, 0.2) is 16.8 Å². The topological polar surface area (TPSA) is 82.8 Å². The van der Waals surface area contributed by atoms with Gasteiger partial charge in [0.1, 0.15) is 5.76 Å². The molecule has 154 valence electrons. The van der Waals surface area contributed by atoms with Crippen LogP contribution in [-0.4, -0.2) is 24.9 Å². The van der Waals surface area contributed by atoms with Gasteiger partial charge >= 0.3 is 0 Å². The summed E-state index contributed by atoms with van der Waals surface area (Å²) in [6.07, 6.45) is 1.66. The predicted octanol–water partition coefficient (Wildman–Crippen LogP) is 5.58. The van der Waals surface area contributed by atoms with Crippen molar-refractivity contribution < 1.29 is 8.94 Å². The van der Waals surface area contributed by atoms with Crippen molar-refractivity contribution in [2.45, 2.75) is 17.5 Å². The zero-order valence-corrected chi connectivity index (χ0v) is 17.8. The Hall–Kier alpha value is -3.36. The summed E-state index contributed by atoms with van der Waals surface area (Å²) in [6.45, 7) is 0.523. The monoisotopic (exact) mass is 449 g/mol.